The smallest absolute Gasteiger partial charge is 0.344 e. The molecule has 0 radical (unpaired) electrons. The van der Waals surface area contributed by atoms with Crippen LogP contribution in [0.5, 0.6) is 0 Å². The summed E-state index contributed by atoms with van der Waals surface area (Å²) in [7, 11) is 1.51. The average Bonchev–Trinajstić information content (AvgIpc) is 2.89. The molecule has 2 amide bonds. The first kappa shape index (κ1) is 18.6. The zero-order valence-electron chi connectivity index (χ0n) is 14.1. The Morgan fingerprint density at radius 3 is 2.48 bits per heavy atom. The lowest BCUT2D eigenvalue weighted by Gasteiger charge is -2.17. The summed E-state index contributed by atoms with van der Waals surface area (Å²) in [4.78, 5) is 43.7. The number of aromatic amines is 1. The third kappa shape index (κ3) is 3.83. The van der Waals surface area contributed by atoms with Gasteiger partial charge >= 0.3 is 6.18 Å². The molecule has 1 aromatic heterocycles. The standard InChI is InChI=1S/C17H15F3N4O3/c1-24-8-11(9-2-4-10(5-3-9)17(18,19)20)13(15(24)27)14(26)23-16-21-7-6-12(25)22-16/h2-7,11,13H,8H2,1H3,(H2,21,22,23,25,26)/t11-,13+/m0/s1. The van der Waals surface area contributed by atoms with Gasteiger partial charge in [-0.2, -0.15) is 13.2 Å². The topological polar surface area (TPSA) is 95.2 Å². The van der Waals surface area contributed by atoms with Crippen molar-refractivity contribution in [2.24, 2.45) is 5.92 Å². The summed E-state index contributed by atoms with van der Waals surface area (Å²) >= 11 is 0. The summed E-state index contributed by atoms with van der Waals surface area (Å²) in [6, 6.07) is 5.54. The first-order valence-corrected chi connectivity index (χ1v) is 7.95. The van der Waals surface area contributed by atoms with Crippen LogP contribution in [0.3, 0.4) is 0 Å². The molecule has 2 heterocycles. The van der Waals surface area contributed by atoms with E-state index < -0.39 is 40.9 Å². The highest BCUT2D eigenvalue weighted by Crippen LogP contribution is 2.36. The van der Waals surface area contributed by atoms with E-state index in [-0.39, 0.29) is 12.5 Å². The van der Waals surface area contributed by atoms with Crippen molar-refractivity contribution in [3.05, 3.63) is 58.0 Å². The average molecular weight is 380 g/mol. The van der Waals surface area contributed by atoms with E-state index in [1.54, 1.807) is 0 Å². The van der Waals surface area contributed by atoms with E-state index in [2.05, 4.69) is 15.3 Å². The van der Waals surface area contributed by atoms with Crippen LogP contribution < -0.4 is 10.9 Å². The van der Waals surface area contributed by atoms with Gasteiger partial charge < -0.3 is 4.90 Å². The Morgan fingerprint density at radius 2 is 1.89 bits per heavy atom. The predicted molar refractivity (Wildman–Crippen MR) is 88.8 cm³/mol. The lowest BCUT2D eigenvalue weighted by Crippen LogP contribution is -2.33. The van der Waals surface area contributed by atoms with Crippen LogP contribution in [0.4, 0.5) is 19.1 Å². The second kappa shape index (κ2) is 6.86. The Morgan fingerprint density at radius 1 is 1.22 bits per heavy atom. The number of nitrogens with zero attached hydrogens (tertiary/aromatic N) is 2. The Hall–Kier alpha value is -3.17. The van der Waals surface area contributed by atoms with Crippen LogP contribution in [-0.2, 0) is 15.8 Å². The van der Waals surface area contributed by atoms with Crippen molar-refractivity contribution in [3.8, 4) is 0 Å². The van der Waals surface area contributed by atoms with Crippen molar-refractivity contribution in [1.29, 1.82) is 0 Å². The minimum absolute atomic E-state index is 0.110. The van der Waals surface area contributed by atoms with Crippen LogP contribution in [0.1, 0.15) is 17.0 Å². The summed E-state index contributed by atoms with van der Waals surface area (Å²) in [5.74, 6) is -3.03. The van der Waals surface area contributed by atoms with Crippen molar-refractivity contribution in [2.75, 3.05) is 18.9 Å². The van der Waals surface area contributed by atoms with Gasteiger partial charge in [0, 0.05) is 31.8 Å². The SMILES string of the molecule is CN1C[C@@H](c2ccc(C(F)(F)F)cc2)[C@H](C(=O)Nc2nccc(=O)[nH]2)C1=O. The molecule has 2 atom stereocenters. The molecule has 7 nitrogen and oxygen atoms in total. The monoisotopic (exact) mass is 380 g/mol. The Balaban J connectivity index is 1.86. The molecule has 0 saturated carbocycles. The number of hydrogen-bond donors (Lipinski definition) is 2. The highest BCUT2D eigenvalue weighted by molar-refractivity contribution is 6.07. The van der Waals surface area contributed by atoms with E-state index in [0.29, 0.717) is 5.56 Å². The van der Waals surface area contributed by atoms with Gasteiger partial charge in [0.25, 0.3) is 5.56 Å². The van der Waals surface area contributed by atoms with E-state index in [1.165, 1.54) is 30.3 Å². The first-order chi connectivity index (χ1) is 12.7. The molecule has 0 spiro atoms. The number of likely N-dealkylation sites (N-methyl/N-ethyl adjacent to an activating group) is 1. The number of aromatic nitrogens is 2. The van der Waals surface area contributed by atoms with Crippen LogP contribution in [0.2, 0.25) is 0 Å². The number of likely N-dealkylation sites (tertiary alicyclic amines) is 1. The molecule has 2 aromatic rings. The minimum atomic E-state index is -4.47. The highest BCUT2D eigenvalue weighted by Gasteiger charge is 2.44. The van der Waals surface area contributed by atoms with Gasteiger partial charge in [-0.25, -0.2) is 4.98 Å². The third-order valence-corrected chi connectivity index (χ3v) is 4.38. The van der Waals surface area contributed by atoms with Crippen molar-refractivity contribution in [2.45, 2.75) is 12.1 Å². The van der Waals surface area contributed by atoms with Gasteiger partial charge in [-0.05, 0) is 17.7 Å². The molecule has 0 aliphatic carbocycles. The largest absolute Gasteiger partial charge is 0.416 e. The fourth-order valence-electron chi connectivity index (χ4n) is 3.04. The second-order valence-electron chi connectivity index (χ2n) is 6.19. The van der Waals surface area contributed by atoms with Crippen LogP contribution in [0, 0.1) is 5.92 Å². The molecule has 1 fully saturated rings. The normalized spacial score (nSPS) is 20.0. The van der Waals surface area contributed by atoms with E-state index in [9.17, 15) is 27.6 Å². The molecule has 1 aromatic carbocycles. The van der Waals surface area contributed by atoms with Crippen LogP contribution in [0.25, 0.3) is 0 Å². The lowest BCUT2D eigenvalue weighted by atomic mass is 9.87. The number of rotatable bonds is 3. The number of carbonyl (C=O) groups is 2. The predicted octanol–water partition coefficient (Wildman–Crippen LogP) is 1.60. The Bertz CT molecular complexity index is 924. The van der Waals surface area contributed by atoms with Gasteiger partial charge in [0.2, 0.25) is 17.8 Å². The van der Waals surface area contributed by atoms with Gasteiger partial charge in [0.05, 0.1) is 5.56 Å². The second-order valence-corrected chi connectivity index (χ2v) is 6.19. The fourth-order valence-corrected chi connectivity index (χ4v) is 3.04. The van der Waals surface area contributed by atoms with E-state index in [1.807, 2.05) is 0 Å². The van der Waals surface area contributed by atoms with E-state index in [4.69, 9.17) is 0 Å². The van der Waals surface area contributed by atoms with E-state index in [0.717, 1.165) is 18.2 Å². The number of alkyl halides is 3. The molecule has 0 bridgehead atoms. The quantitative estimate of drug-likeness (QED) is 0.791. The zero-order chi connectivity index (χ0) is 19.8. The van der Waals surface area contributed by atoms with Gasteiger partial charge in [0.15, 0.2) is 0 Å². The minimum Gasteiger partial charge on any atom is -0.344 e. The zero-order valence-corrected chi connectivity index (χ0v) is 14.1. The summed E-state index contributed by atoms with van der Waals surface area (Å²) in [6.07, 6.45) is -3.27. The lowest BCUT2D eigenvalue weighted by molar-refractivity contribution is -0.138. The van der Waals surface area contributed by atoms with E-state index >= 15 is 0 Å². The number of carbonyl (C=O) groups excluding carboxylic acids is 2. The van der Waals surface area contributed by atoms with Crippen molar-refractivity contribution in [3.63, 3.8) is 0 Å². The number of nitrogens with one attached hydrogen (secondary N) is 2. The molecule has 1 aliphatic heterocycles. The van der Waals surface area contributed by atoms with Crippen LogP contribution in [-0.4, -0.2) is 40.3 Å². The highest BCUT2D eigenvalue weighted by atomic mass is 19.4. The molecule has 3 rings (SSSR count). The fraction of sp³-hybridized carbons (Fsp3) is 0.294. The van der Waals surface area contributed by atoms with Gasteiger partial charge in [-0.15, -0.1) is 0 Å². The van der Waals surface area contributed by atoms with Crippen molar-refractivity contribution in [1.82, 2.24) is 14.9 Å². The van der Waals surface area contributed by atoms with Gasteiger partial charge in [-0.1, -0.05) is 12.1 Å². The maximum absolute atomic E-state index is 12.7. The summed E-state index contributed by atoms with van der Waals surface area (Å²) in [5, 5.41) is 2.38. The molecular weight excluding hydrogens is 365 g/mol. The number of anilines is 1. The Kier molecular flexibility index (Phi) is 4.73. The summed E-state index contributed by atoms with van der Waals surface area (Å²) in [5.41, 5.74) is -0.846. The maximum Gasteiger partial charge on any atom is 0.416 e. The molecule has 2 N–H and O–H groups in total. The first-order valence-electron chi connectivity index (χ1n) is 7.95. The van der Waals surface area contributed by atoms with Crippen molar-refractivity contribution < 1.29 is 22.8 Å². The van der Waals surface area contributed by atoms with Crippen molar-refractivity contribution >= 4 is 17.8 Å². The number of H-pyrrole nitrogens is 1. The van der Waals surface area contributed by atoms with Crippen LogP contribution in [0.15, 0.2) is 41.3 Å². The summed E-state index contributed by atoms with van der Waals surface area (Å²) in [6.45, 7) is 0.182. The molecule has 1 saturated heterocycles. The molecule has 27 heavy (non-hydrogen) atoms. The molecule has 10 heteroatoms. The Labute approximate surface area is 151 Å². The molecular formula is C17H15F3N4O3. The molecule has 0 unspecified atom stereocenters. The number of hydrogen-bond acceptors (Lipinski definition) is 4. The third-order valence-electron chi connectivity index (χ3n) is 4.38. The van der Waals surface area contributed by atoms with Gasteiger partial charge in [0.1, 0.15) is 5.92 Å². The maximum atomic E-state index is 12.7. The number of amides is 2. The number of benzene rings is 1. The molecule has 142 valence electrons. The van der Waals surface area contributed by atoms with Gasteiger partial charge in [-0.3, -0.25) is 24.7 Å². The number of halogens is 3. The summed E-state index contributed by atoms with van der Waals surface area (Å²) < 4.78 is 38.2. The van der Waals surface area contributed by atoms with Crippen LogP contribution >= 0.6 is 0 Å². The molecule has 1 aliphatic rings.